The number of imide groups is 1. The van der Waals surface area contributed by atoms with Crippen LogP contribution < -0.4 is 5.32 Å². The van der Waals surface area contributed by atoms with Crippen molar-refractivity contribution in [2.75, 3.05) is 19.7 Å². The van der Waals surface area contributed by atoms with Crippen molar-refractivity contribution in [3.05, 3.63) is 120 Å². The molecule has 1 fully saturated rings. The minimum Gasteiger partial charge on any atom is -0.357 e. The van der Waals surface area contributed by atoms with Crippen LogP contribution in [0.4, 0.5) is 4.79 Å². The lowest BCUT2D eigenvalue weighted by atomic mass is 9.80. The van der Waals surface area contributed by atoms with Crippen LogP contribution in [0.3, 0.4) is 0 Å². The van der Waals surface area contributed by atoms with Gasteiger partial charge < -0.3 is 9.64 Å². The predicted octanol–water partition coefficient (Wildman–Crippen LogP) is 4.74. The second kappa shape index (κ2) is 10.3. The SMILES string of the molecule is CC1CN(C/C=C\COC(c2ccccc2)(c2ccccc2)c2ccccc2)C(=O)NC1=O. The molecule has 1 saturated heterocycles. The topological polar surface area (TPSA) is 58.6 Å². The fourth-order valence-electron chi connectivity index (χ4n) is 4.17. The average molecular weight is 441 g/mol. The fourth-order valence-corrected chi connectivity index (χ4v) is 4.17. The van der Waals surface area contributed by atoms with E-state index in [1.807, 2.05) is 73.7 Å². The van der Waals surface area contributed by atoms with E-state index in [2.05, 4.69) is 41.7 Å². The van der Waals surface area contributed by atoms with Crippen molar-refractivity contribution in [2.45, 2.75) is 12.5 Å². The first-order valence-electron chi connectivity index (χ1n) is 11.2. The Hall–Kier alpha value is -3.70. The number of carbonyl (C=O) groups is 2. The molecule has 168 valence electrons. The van der Waals surface area contributed by atoms with E-state index in [9.17, 15) is 9.59 Å². The number of urea groups is 1. The third kappa shape index (κ3) is 4.89. The van der Waals surface area contributed by atoms with E-state index in [0.717, 1.165) is 16.7 Å². The molecule has 1 aliphatic heterocycles. The molecule has 5 heteroatoms. The Kier molecular flexibility index (Phi) is 7.01. The second-order valence-electron chi connectivity index (χ2n) is 8.16. The maximum Gasteiger partial charge on any atom is 0.324 e. The molecule has 0 aromatic heterocycles. The van der Waals surface area contributed by atoms with Crippen LogP contribution in [0, 0.1) is 5.92 Å². The fraction of sp³-hybridized carbons (Fsp3) is 0.214. The highest BCUT2D eigenvalue weighted by Crippen LogP contribution is 2.40. The van der Waals surface area contributed by atoms with E-state index >= 15 is 0 Å². The molecule has 0 radical (unpaired) electrons. The lowest BCUT2D eigenvalue weighted by molar-refractivity contribution is -0.125. The van der Waals surface area contributed by atoms with Crippen LogP contribution in [0.1, 0.15) is 23.6 Å². The first-order chi connectivity index (χ1) is 16.1. The standard InChI is InChI=1S/C28H28N2O3/c1-22-21-30(27(32)29-26(22)31)19-11-12-20-33-28(23-13-5-2-6-14-23,24-15-7-3-8-16-24)25-17-9-4-10-18-25/h2-18,22H,19-21H2,1H3,(H,29,31,32)/b12-11-. The molecule has 33 heavy (non-hydrogen) atoms. The number of hydrogen-bond donors (Lipinski definition) is 1. The molecule has 1 aliphatic rings. The Balaban J connectivity index is 1.59. The highest BCUT2D eigenvalue weighted by molar-refractivity contribution is 5.97. The highest BCUT2D eigenvalue weighted by atomic mass is 16.5. The van der Waals surface area contributed by atoms with Gasteiger partial charge in [0.15, 0.2) is 0 Å². The van der Waals surface area contributed by atoms with Gasteiger partial charge in [-0.15, -0.1) is 0 Å². The van der Waals surface area contributed by atoms with Crippen molar-refractivity contribution in [1.29, 1.82) is 0 Å². The molecule has 0 bridgehead atoms. The van der Waals surface area contributed by atoms with E-state index in [0.29, 0.717) is 19.7 Å². The minimum atomic E-state index is -0.780. The summed E-state index contributed by atoms with van der Waals surface area (Å²) >= 11 is 0. The van der Waals surface area contributed by atoms with E-state index < -0.39 is 5.60 Å². The molecule has 0 spiro atoms. The summed E-state index contributed by atoms with van der Waals surface area (Å²) in [6.07, 6.45) is 3.84. The average Bonchev–Trinajstić information content (AvgIpc) is 2.86. The van der Waals surface area contributed by atoms with Crippen LogP contribution >= 0.6 is 0 Å². The summed E-state index contributed by atoms with van der Waals surface area (Å²) < 4.78 is 6.68. The van der Waals surface area contributed by atoms with E-state index in [-0.39, 0.29) is 17.9 Å². The van der Waals surface area contributed by atoms with Crippen molar-refractivity contribution in [1.82, 2.24) is 10.2 Å². The number of amides is 3. The molecule has 1 unspecified atom stereocenters. The molecular formula is C28H28N2O3. The van der Waals surface area contributed by atoms with Gasteiger partial charge in [-0.05, 0) is 16.7 Å². The first kappa shape index (κ1) is 22.5. The van der Waals surface area contributed by atoms with Crippen molar-refractivity contribution < 1.29 is 14.3 Å². The van der Waals surface area contributed by atoms with Gasteiger partial charge in [0.2, 0.25) is 5.91 Å². The third-order valence-electron chi connectivity index (χ3n) is 5.89. The minimum absolute atomic E-state index is 0.214. The zero-order valence-electron chi connectivity index (χ0n) is 18.7. The summed E-state index contributed by atoms with van der Waals surface area (Å²) in [6, 6.07) is 30.3. The van der Waals surface area contributed by atoms with Gasteiger partial charge in [0.1, 0.15) is 5.60 Å². The zero-order chi connectivity index (χ0) is 23.1. The molecule has 3 aromatic carbocycles. The number of rotatable bonds is 8. The van der Waals surface area contributed by atoms with Crippen LogP contribution in [-0.4, -0.2) is 36.5 Å². The number of benzene rings is 3. The Morgan fingerprint density at radius 2 is 1.33 bits per heavy atom. The van der Waals surface area contributed by atoms with E-state index in [4.69, 9.17) is 4.74 Å². The quantitative estimate of drug-likeness (QED) is 0.407. The Bertz CT molecular complexity index is 1000. The van der Waals surface area contributed by atoms with Crippen LogP contribution in [0.5, 0.6) is 0 Å². The molecule has 5 nitrogen and oxygen atoms in total. The maximum atomic E-state index is 12.1. The summed E-state index contributed by atoms with van der Waals surface area (Å²) in [4.78, 5) is 25.3. The molecular weight excluding hydrogens is 412 g/mol. The zero-order valence-corrected chi connectivity index (χ0v) is 18.7. The van der Waals surface area contributed by atoms with Gasteiger partial charge in [-0.2, -0.15) is 0 Å². The number of hydrogen-bond acceptors (Lipinski definition) is 3. The van der Waals surface area contributed by atoms with Crippen molar-refractivity contribution in [2.24, 2.45) is 5.92 Å². The van der Waals surface area contributed by atoms with Crippen LogP contribution in [-0.2, 0) is 15.1 Å². The molecule has 0 saturated carbocycles. The predicted molar refractivity (Wildman–Crippen MR) is 129 cm³/mol. The molecule has 0 aliphatic carbocycles. The lowest BCUT2D eigenvalue weighted by Crippen LogP contribution is -2.53. The number of nitrogens with one attached hydrogen (secondary N) is 1. The second-order valence-corrected chi connectivity index (χ2v) is 8.16. The van der Waals surface area contributed by atoms with Crippen LogP contribution in [0.15, 0.2) is 103 Å². The first-order valence-corrected chi connectivity index (χ1v) is 11.2. The molecule has 1 N–H and O–H groups in total. The van der Waals surface area contributed by atoms with Gasteiger partial charge in [0.05, 0.1) is 12.5 Å². The number of carbonyl (C=O) groups excluding carboxylic acids is 2. The van der Waals surface area contributed by atoms with Gasteiger partial charge in [-0.1, -0.05) is 110 Å². The summed E-state index contributed by atoms with van der Waals surface area (Å²) in [5.41, 5.74) is 2.34. The number of ether oxygens (including phenoxy) is 1. The Morgan fingerprint density at radius 3 is 1.82 bits per heavy atom. The van der Waals surface area contributed by atoms with Gasteiger partial charge in [0.25, 0.3) is 0 Å². The Morgan fingerprint density at radius 1 is 0.848 bits per heavy atom. The van der Waals surface area contributed by atoms with Crippen molar-refractivity contribution >= 4 is 11.9 Å². The maximum absolute atomic E-state index is 12.1. The van der Waals surface area contributed by atoms with Crippen molar-refractivity contribution in [3.63, 3.8) is 0 Å². The normalized spacial score (nSPS) is 16.8. The van der Waals surface area contributed by atoms with E-state index in [1.165, 1.54) is 0 Å². The summed E-state index contributed by atoms with van der Waals surface area (Å²) in [6.45, 7) is 3.00. The van der Waals surface area contributed by atoms with Gasteiger partial charge in [-0.25, -0.2) is 4.79 Å². The largest absolute Gasteiger partial charge is 0.357 e. The smallest absolute Gasteiger partial charge is 0.324 e. The molecule has 1 atom stereocenters. The lowest BCUT2D eigenvalue weighted by Gasteiger charge is -2.35. The van der Waals surface area contributed by atoms with E-state index in [1.54, 1.807) is 4.90 Å². The van der Waals surface area contributed by atoms with Crippen LogP contribution in [0.25, 0.3) is 0 Å². The summed E-state index contributed by atoms with van der Waals surface area (Å²) in [7, 11) is 0. The Labute approximate surface area is 194 Å². The van der Waals surface area contributed by atoms with Gasteiger partial charge in [-0.3, -0.25) is 10.1 Å². The van der Waals surface area contributed by atoms with Gasteiger partial charge >= 0.3 is 6.03 Å². The monoisotopic (exact) mass is 440 g/mol. The highest BCUT2D eigenvalue weighted by Gasteiger charge is 2.37. The van der Waals surface area contributed by atoms with Gasteiger partial charge in [0, 0.05) is 13.1 Å². The van der Waals surface area contributed by atoms with Crippen molar-refractivity contribution in [3.8, 4) is 0 Å². The number of nitrogens with zero attached hydrogens (tertiary/aromatic N) is 1. The summed E-state index contributed by atoms with van der Waals surface area (Å²) in [5.74, 6) is -0.434. The van der Waals surface area contributed by atoms with Crippen LogP contribution in [0.2, 0.25) is 0 Å². The summed E-state index contributed by atoms with van der Waals surface area (Å²) in [5, 5.41) is 2.39. The molecule has 4 rings (SSSR count). The molecule has 3 aromatic rings. The molecule has 3 amide bonds. The third-order valence-corrected chi connectivity index (χ3v) is 5.89. The molecule has 1 heterocycles.